The molecule has 0 fully saturated rings. The van der Waals surface area contributed by atoms with Crippen molar-refractivity contribution in [2.75, 3.05) is 18.5 Å². The lowest BCUT2D eigenvalue weighted by molar-refractivity contribution is -0.142. The summed E-state index contributed by atoms with van der Waals surface area (Å²) in [6.07, 6.45) is 1.25. The molecule has 4 rings (SSSR count). The molecule has 0 aliphatic rings. The Balaban J connectivity index is 1.81. The van der Waals surface area contributed by atoms with Crippen molar-refractivity contribution in [2.45, 2.75) is 26.7 Å². The van der Waals surface area contributed by atoms with Gasteiger partial charge in [0.15, 0.2) is 6.29 Å². The number of rotatable bonds is 12. The van der Waals surface area contributed by atoms with Gasteiger partial charge in [-0.2, -0.15) is 0 Å². The van der Waals surface area contributed by atoms with Crippen LogP contribution in [-0.4, -0.2) is 52.4 Å². The highest BCUT2D eigenvalue weighted by atomic mass is 16.7. The van der Waals surface area contributed by atoms with Gasteiger partial charge in [0.2, 0.25) is 0 Å². The van der Waals surface area contributed by atoms with Crippen LogP contribution in [0.2, 0.25) is 0 Å². The molecule has 9 nitrogen and oxygen atoms in total. The number of aromatic carboxylic acids is 2. The summed E-state index contributed by atoms with van der Waals surface area (Å²) in [5.74, 6) is -1.27. The first kappa shape index (κ1) is 26.6. The zero-order valence-electron chi connectivity index (χ0n) is 21.1. The first-order chi connectivity index (χ1) is 18.4. The minimum atomic E-state index is -0.998. The lowest BCUT2D eigenvalue weighted by Crippen LogP contribution is -2.24. The van der Waals surface area contributed by atoms with E-state index in [0.717, 1.165) is 22.3 Å². The standard InChI is InChI=1S/C29H29N3O6/c1-3-37-26(38-4-2)18-32-25-8-6-5-7-23(25)24(17-30-21-13-9-19(10-14-21)28(33)34)27(32)31-22-15-11-20(12-16-22)29(35)36/h5-17,26,31H,3-4,18H2,1-2H3,(H,33,34)(H,35,36). The minimum absolute atomic E-state index is 0.186. The number of carboxylic acids is 2. The number of benzene rings is 3. The van der Waals surface area contributed by atoms with Gasteiger partial charge in [-0.05, 0) is 68.4 Å². The maximum atomic E-state index is 11.3. The predicted molar refractivity (Wildman–Crippen MR) is 146 cm³/mol. The Labute approximate surface area is 220 Å². The summed E-state index contributed by atoms with van der Waals surface area (Å²) in [6.45, 7) is 5.21. The van der Waals surface area contributed by atoms with Crippen molar-refractivity contribution in [2.24, 2.45) is 4.99 Å². The summed E-state index contributed by atoms with van der Waals surface area (Å²) < 4.78 is 13.7. The fourth-order valence-electron chi connectivity index (χ4n) is 4.12. The molecule has 1 aromatic heterocycles. The van der Waals surface area contributed by atoms with Crippen molar-refractivity contribution < 1.29 is 29.3 Å². The molecule has 0 amide bonds. The van der Waals surface area contributed by atoms with Gasteiger partial charge in [0.05, 0.1) is 28.9 Å². The number of carboxylic acid groups (broad SMARTS) is 2. The van der Waals surface area contributed by atoms with E-state index in [4.69, 9.17) is 9.47 Å². The number of aromatic nitrogens is 1. The molecule has 0 bridgehead atoms. The SMILES string of the molecule is CCOC(Cn1c(Nc2ccc(C(=O)O)cc2)c(C=Nc2ccc(C(=O)O)cc2)c2ccccc21)OCC. The smallest absolute Gasteiger partial charge is 0.335 e. The Morgan fingerprint density at radius 3 is 2.05 bits per heavy atom. The maximum Gasteiger partial charge on any atom is 0.335 e. The van der Waals surface area contributed by atoms with E-state index in [1.807, 2.05) is 38.1 Å². The molecule has 0 aliphatic carbocycles. The average Bonchev–Trinajstić information content (AvgIpc) is 3.20. The van der Waals surface area contributed by atoms with Gasteiger partial charge in [0, 0.05) is 36.1 Å². The van der Waals surface area contributed by atoms with E-state index in [1.165, 1.54) is 12.1 Å². The fourth-order valence-corrected chi connectivity index (χ4v) is 4.12. The average molecular weight is 516 g/mol. The number of hydrogen-bond donors (Lipinski definition) is 3. The molecule has 0 atom stereocenters. The quantitative estimate of drug-likeness (QED) is 0.158. The van der Waals surface area contributed by atoms with Crippen LogP contribution in [0.4, 0.5) is 17.2 Å². The van der Waals surface area contributed by atoms with Gasteiger partial charge < -0.3 is 29.6 Å². The van der Waals surface area contributed by atoms with Gasteiger partial charge in [0.1, 0.15) is 5.82 Å². The number of nitrogens with zero attached hydrogens (tertiary/aromatic N) is 2. The molecular weight excluding hydrogens is 486 g/mol. The molecule has 9 heteroatoms. The van der Waals surface area contributed by atoms with Gasteiger partial charge >= 0.3 is 11.9 Å². The van der Waals surface area contributed by atoms with Crippen LogP contribution in [0.1, 0.15) is 40.1 Å². The number of fused-ring (bicyclic) bond motifs is 1. The number of hydrogen-bond acceptors (Lipinski definition) is 6. The molecule has 3 aromatic carbocycles. The monoisotopic (exact) mass is 515 g/mol. The molecule has 1 heterocycles. The van der Waals surface area contributed by atoms with Crippen molar-refractivity contribution in [3.63, 3.8) is 0 Å². The molecular formula is C29H29N3O6. The van der Waals surface area contributed by atoms with E-state index < -0.39 is 18.2 Å². The highest BCUT2D eigenvalue weighted by Gasteiger charge is 2.20. The van der Waals surface area contributed by atoms with Gasteiger partial charge in [0.25, 0.3) is 0 Å². The first-order valence-corrected chi connectivity index (χ1v) is 12.2. The van der Waals surface area contributed by atoms with E-state index in [0.29, 0.717) is 31.1 Å². The Morgan fingerprint density at radius 2 is 1.47 bits per heavy atom. The minimum Gasteiger partial charge on any atom is -0.478 e. The molecule has 0 radical (unpaired) electrons. The van der Waals surface area contributed by atoms with E-state index in [1.54, 1.807) is 42.6 Å². The van der Waals surface area contributed by atoms with Crippen LogP contribution in [0.15, 0.2) is 77.8 Å². The summed E-state index contributed by atoms with van der Waals surface area (Å²) in [6, 6.07) is 20.7. The van der Waals surface area contributed by atoms with Crippen LogP contribution in [0.5, 0.6) is 0 Å². The normalized spacial score (nSPS) is 11.4. The number of aliphatic imine (C=N–C) groups is 1. The van der Waals surface area contributed by atoms with Crippen molar-refractivity contribution in [3.8, 4) is 0 Å². The van der Waals surface area contributed by atoms with Gasteiger partial charge in [-0.15, -0.1) is 0 Å². The Kier molecular flexibility index (Phi) is 8.52. The summed E-state index contributed by atoms with van der Waals surface area (Å²) in [4.78, 5) is 27.1. The molecule has 0 unspecified atom stereocenters. The number of ether oxygens (including phenoxy) is 2. The summed E-state index contributed by atoms with van der Waals surface area (Å²) >= 11 is 0. The second-order valence-corrected chi connectivity index (χ2v) is 8.35. The van der Waals surface area contributed by atoms with Crippen LogP contribution >= 0.6 is 0 Å². The Hall–Kier alpha value is -4.47. The molecule has 3 N–H and O–H groups in total. The van der Waals surface area contributed by atoms with Crippen LogP contribution in [0.3, 0.4) is 0 Å². The van der Waals surface area contributed by atoms with E-state index in [2.05, 4.69) is 14.9 Å². The molecule has 0 spiro atoms. The number of anilines is 2. The molecule has 38 heavy (non-hydrogen) atoms. The topological polar surface area (TPSA) is 122 Å². The van der Waals surface area contributed by atoms with Crippen molar-refractivity contribution >= 4 is 46.2 Å². The fraction of sp³-hybridized carbons (Fsp3) is 0.207. The lowest BCUT2D eigenvalue weighted by Gasteiger charge is -2.21. The van der Waals surface area contributed by atoms with Crippen LogP contribution < -0.4 is 5.32 Å². The van der Waals surface area contributed by atoms with Gasteiger partial charge in [-0.3, -0.25) is 4.99 Å². The number of carbonyl (C=O) groups is 2. The van der Waals surface area contributed by atoms with E-state index in [9.17, 15) is 19.8 Å². The van der Waals surface area contributed by atoms with Crippen molar-refractivity contribution in [3.05, 3.63) is 89.5 Å². The zero-order valence-corrected chi connectivity index (χ0v) is 21.1. The van der Waals surface area contributed by atoms with Crippen molar-refractivity contribution in [1.29, 1.82) is 0 Å². The van der Waals surface area contributed by atoms with Crippen LogP contribution in [0, 0.1) is 0 Å². The molecule has 0 saturated heterocycles. The summed E-state index contributed by atoms with van der Waals surface area (Å²) in [5, 5.41) is 22.8. The van der Waals surface area contributed by atoms with Crippen molar-refractivity contribution in [1.82, 2.24) is 4.57 Å². The highest BCUT2D eigenvalue weighted by Crippen LogP contribution is 2.33. The predicted octanol–water partition coefficient (Wildman–Crippen LogP) is 5.93. The Morgan fingerprint density at radius 1 is 0.895 bits per heavy atom. The third-order valence-electron chi connectivity index (χ3n) is 5.90. The molecule has 4 aromatic rings. The molecule has 0 aliphatic heterocycles. The molecule has 0 saturated carbocycles. The first-order valence-electron chi connectivity index (χ1n) is 12.2. The van der Waals surface area contributed by atoms with E-state index in [-0.39, 0.29) is 11.1 Å². The zero-order chi connectivity index (χ0) is 27.1. The Bertz CT molecular complexity index is 1440. The maximum absolute atomic E-state index is 11.3. The lowest BCUT2D eigenvalue weighted by atomic mass is 10.1. The largest absolute Gasteiger partial charge is 0.478 e. The summed E-state index contributed by atoms with van der Waals surface area (Å²) in [5.41, 5.74) is 3.41. The second-order valence-electron chi connectivity index (χ2n) is 8.35. The van der Waals surface area contributed by atoms with Crippen LogP contribution in [0.25, 0.3) is 10.9 Å². The second kappa shape index (κ2) is 12.2. The molecule has 196 valence electrons. The van der Waals surface area contributed by atoms with E-state index >= 15 is 0 Å². The number of nitrogens with one attached hydrogen (secondary N) is 1. The third kappa shape index (κ3) is 6.08. The summed E-state index contributed by atoms with van der Waals surface area (Å²) in [7, 11) is 0. The number of para-hydroxylation sites is 1. The van der Waals surface area contributed by atoms with Gasteiger partial charge in [-0.1, -0.05) is 18.2 Å². The van der Waals surface area contributed by atoms with Gasteiger partial charge in [-0.25, -0.2) is 9.59 Å². The van der Waals surface area contributed by atoms with Crippen LogP contribution in [-0.2, 0) is 16.0 Å². The third-order valence-corrected chi connectivity index (χ3v) is 5.90. The highest BCUT2D eigenvalue weighted by molar-refractivity contribution is 6.06.